The third-order valence-corrected chi connectivity index (χ3v) is 2.82. The SMILES string of the molecule is Clc1ccc2ccc(-c3ccccn3)nc2c1. The van der Waals surface area contributed by atoms with Gasteiger partial charge in [0.05, 0.1) is 16.9 Å². The second kappa shape index (κ2) is 4.15. The Morgan fingerprint density at radius 2 is 1.76 bits per heavy atom. The predicted molar refractivity (Wildman–Crippen MR) is 70.0 cm³/mol. The monoisotopic (exact) mass is 240 g/mol. The number of halogens is 1. The molecule has 0 N–H and O–H groups in total. The van der Waals surface area contributed by atoms with Crippen LogP contribution in [0.2, 0.25) is 5.02 Å². The fourth-order valence-corrected chi connectivity index (χ4v) is 1.91. The van der Waals surface area contributed by atoms with Crippen molar-refractivity contribution in [1.82, 2.24) is 9.97 Å². The Hall–Kier alpha value is -1.93. The standard InChI is InChI=1S/C14H9ClN2/c15-11-6-4-10-5-7-13(17-14(10)9-11)12-3-1-2-8-16-12/h1-9H. The van der Waals surface area contributed by atoms with Crippen LogP contribution in [0.3, 0.4) is 0 Å². The smallest absolute Gasteiger partial charge is 0.0893 e. The number of hydrogen-bond donors (Lipinski definition) is 0. The van der Waals surface area contributed by atoms with Crippen molar-refractivity contribution < 1.29 is 0 Å². The van der Waals surface area contributed by atoms with Gasteiger partial charge in [-0.25, -0.2) is 4.98 Å². The lowest BCUT2D eigenvalue weighted by molar-refractivity contribution is 1.28. The van der Waals surface area contributed by atoms with Gasteiger partial charge in [0.2, 0.25) is 0 Å². The molecule has 0 saturated heterocycles. The van der Waals surface area contributed by atoms with Gasteiger partial charge < -0.3 is 0 Å². The average Bonchev–Trinajstić information content (AvgIpc) is 2.39. The Morgan fingerprint density at radius 1 is 0.882 bits per heavy atom. The van der Waals surface area contributed by atoms with E-state index in [4.69, 9.17) is 11.6 Å². The lowest BCUT2D eigenvalue weighted by atomic mass is 10.1. The molecule has 0 unspecified atom stereocenters. The van der Waals surface area contributed by atoms with Crippen LogP contribution in [0.5, 0.6) is 0 Å². The van der Waals surface area contributed by atoms with E-state index in [0.717, 1.165) is 22.3 Å². The van der Waals surface area contributed by atoms with Crippen LogP contribution in [0.1, 0.15) is 0 Å². The van der Waals surface area contributed by atoms with Gasteiger partial charge in [-0.3, -0.25) is 4.98 Å². The summed E-state index contributed by atoms with van der Waals surface area (Å²) >= 11 is 5.96. The van der Waals surface area contributed by atoms with E-state index in [1.54, 1.807) is 6.20 Å². The van der Waals surface area contributed by atoms with Gasteiger partial charge in [-0.2, -0.15) is 0 Å². The van der Waals surface area contributed by atoms with E-state index >= 15 is 0 Å². The molecular weight excluding hydrogens is 232 g/mol. The van der Waals surface area contributed by atoms with Gasteiger partial charge in [0.25, 0.3) is 0 Å². The third kappa shape index (κ3) is 1.99. The highest BCUT2D eigenvalue weighted by Crippen LogP contribution is 2.21. The lowest BCUT2D eigenvalue weighted by Gasteiger charge is -2.02. The van der Waals surface area contributed by atoms with Gasteiger partial charge in [-0.1, -0.05) is 29.8 Å². The van der Waals surface area contributed by atoms with Crippen molar-refractivity contribution in [3.8, 4) is 11.4 Å². The summed E-state index contributed by atoms with van der Waals surface area (Å²) in [6.45, 7) is 0. The van der Waals surface area contributed by atoms with E-state index in [0.29, 0.717) is 5.02 Å². The Morgan fingerprint density at radius 3 is 2.59 bits per heavy atom. The fraction of sp³-hybridized carbons (Fsp3) is 0. The summed E-state index contributed by atoms with van der Waals surface area (Å²) in [7, 11) is 0. The molecular formula is C14H9ClN2. The number of hydrogen-bond acceptors (Lipinski definition) is 2. The van der Waals surface area contributed by atoms with Crippen molar-refractivity contribution in [2.75, 3.05) is 0 Å². The largest absolute Gasteiger partial charge is 0.255 e. The highest BCUT2D eigenvalue weighted by molar-refractivity contribution is 6.31. The number of rotatable bonds is 1. The molecule has 3 aromatic rings. The molecule has 0 spiro atoms. The first-order valence-electron chi connectivity index (χ1n) is 5.31. The molecule has 0 aliphatic rings. The predicted octanol–water partition coefficient (Wildman–Crippen LogP) is 3.95. The quantitative estimate of drug-likeness (QED) is 0.644. The van der Waals surface area contributed by atoms with Crippen LogP contribution in [0.25, 0.3) is 22.3 Å². The molecule has 2 heterocycles. The van der Waals surface area contributed by atoms with Gasteiger partial charge in [0, 0.05) is 16.6 Å². The topological polar surface area (TPSA) is 25.8 Å². The number of aromatic nitrogens is 2. The minimum atomic E-state index is 0.697. The summed E-state index contributed by atoms with van der Waals surface area (Å²) < 4.78 is 0. The van der Waals surface area contributed by atoms with Crippen molar-refractivity contribution in [2.24, 2.45) is 0 Å². The second-order valence-electron chi connectivity index (χ2n) is 3.75. The zero-order chi connectivity index (χ0) is 11.7. The molecule has 2 aromatic heterocycles. The molecule has 17 heavy (non-hydrogen) atoms. The highest BCUT2D eigenvalue weighted by Gasteiger charge is 2.02. The molecule has 0 bridgehead atoms. The van der Waals surface area contributed by atoms with Crippen molar-refractivity contribution in [3.05, 3.63) is 59.8 Å². The zero-order valence-electron chi connectivity index (χ0n) is 8.97. The van der Waals surface area contributed by atoms with E-state index in [-0.39, 0.29) is 0 Å². The maximum atomic E-state index is 5.96. The molecule has 0 fully saturated rings. The third-order valence-electron chi connectivity index (χ3n) is 2.58. The number of fused-ring (bicyclic) bond motifs is 1. The Labute approximate surface area is 104 Å². The van der Waals surface area contributed by atoms with Crippen molar-refractivity contribution in [2.45, 2.75) is 0 Å². The van der Waals surface area contributed by atoms with Crippen LogP contribution in [0.15, 0.2) is 54.7 Å². The van der Waals surface area contributed by atoms with E-state index in [1.165, 1.54) is 0 Å². The normalized spacial score (nSPS) is 10.6. The van der Waals surface area contributed by atoms with Crippen LogP contribution < -0.4 is 0 Å². The molecule has 82 valence electrons. The van der Waals surface area contributed by atoms with E-state index < -0.39 is 0 Å². The first-order chi connectivity index (χ1) is 8.33. The van der Waals surface area contributed by atoms with Gasteiger partial charge >= 0.3 is 0 Å². The molecule has 0 saturated carbocycles. The Bertz CT molecular complexity index is 665. The van der Waals surface area contributed by atoms with Gasteiger partial charge in [-0.05, 0) is 30.3 Å². The number of pyridine rings is 2. The van der Waals surface area contributed by atoms with Crippen LogP contribution in [0.4, 0.5) is 0 Å². The maximum absolute atomic E-state index is 5.96. The summed E-state index contributed by atoms with van der Waals surface area (Å²) in [5.74, 6) is 0. The molecule has 0 atom stereocenters. The highest BCUT2D eigenvalue weighted by atomic mass is 35.5. The van der Waals surface area contributed by atoms with Crippen molar-refractivity contribution in [3.63, 3.8) is 0 Å². The van der Waals surface area contributed by atoms with Crippen LogP contribution >= 0.6 is 11.6 Å². The van der Waals surface area contributed by atoms with E-state index in [1.807, 2.05) is 48.5 Å². The molecule has 0 aliphatic carbocycles. The van der Waals surface area contributed by atoms with Crippen molar-refractivity contribution in [1.29, 1.82) is 0 Å². The average molecular weight is 241 g/mol. The summed E-state index contributed by atoms with van der Waals surface area (Å²) in [5.41, 5.74) is 2.62. The minimum absolute atomic E-state index is 0.697. The first-order valence-corrected chi connectivity index (χ1v) is 5.68. The summed E-state index contributed by atoms with van der Waals surface area (Å²) in [5, 5.41) is 1.78. The first kappa shape index (κ1) is 10.2. The summed E-state index contributed by atoms with van der Waals surface area (Å²) in [6.07, 6.45) is 1.76. The van der Waals surface area contributed by atoms with Crippen LogP contribution in [-0.2, 0) is 0 Å². The molecule has 0 aliphatic heterocycles. The fourth-order valence-electron chi connectivity index (χ4n) is 1.75. The molecule has 0 radical (unpaired) electrons. The minimum Gasteiger partial charge on any atom is -0.255 e. The van der Waals surface area contributed by atoms with E-state index in [9.17, 15) is 0 Å². The number of benzene rings is 1. The van der Waals surface area contributed by atoms with E-state index in [2.05, 4.69) is 9.97 Å². The molecule has 0 amide bonds. The summed E-state index contributed by atoms with van der Waals surface area (Å²) in [6, 6.07) is 15.5. The molecule has 3 rings (SSSR count). The second-order valence-corrected chi connectivity index (χ2v) is 4.18. The van der Waals surface area contributed by atoms with Crippen LogP contribution in [0, 0.1) is 0 Å². The van der Waals surface area contributed by atoms with Gasteiger partial charge in [-0.15, -0.1) is 0 Å². The summed E-state index contributed by atoms with van der Waals surface area (Å²) in [4.78, 5) is 8.84. The maximum Gasteiger partial charge on any atom is 0.0893 e. The number of nitrogens with zero attached hydrogens (tertiary/aromatic N) is 2. The van der Waals surface area contributed by atoms with Crippen molar-refractivity contribution >= 4 is 22.5 Å². The zero-order valence-corrected chi connectivity index (χ0v) is 9.72. The van der Waals surface area contributed by atoms with Gasteiger partial charge in [0.1, 0.15) is 0 Å². The Kier molecular flexibility index (Phi) is 2.50. The molecule has 1 aromatic carbocycles. The molecule has 3 heteroatoms. The molecule has 2 nitrogen and oxygen atoms in total. The Balaban J connectivity index is 2.19. The van der Waals surface area contributed by atoms with Gasteiger partial charge in [0.15, 0.2) is 0 Å². The lowest BCUT2D eigenvalue weighted by Crippen LogP contribution is -1.87. The van der Waals surface area contributed by atoms with Crippen LogP contribution in [-0.4, -0.2) is 9.97 Å².